The highest BCUT2D eigenvalue weighted by Crippen LogP contribution is 2.20. The van der Waals surface area contributed by atoms with Crippen LogP contribution in [0.3, 0.4) is 0 Å². The average Bonchev–Trinajstić information content (AvgIpc) is 2.27. The van der Waals surface area contributed by atoms with E-state index in [0.717, 1.165) is 21.6 Å². The molecule has 0 saturated carbocycles. The fourth-order valence-corrected chi connectivity index (χ4v) is 1.58. The zero-order chi connectivity index (χ0) is 11.5. The summed E-state index contributed by atoms with van der Waals surface area (Å²) in [6.07, 6.45) is 4.18. The van der Waals surface area contributed by atoms with E-state index in [1.807, 2.05) is 19.1 Å². The van der Waals surface area contributed by atoms with Gasteiger partial charge in [-0.05, 0) is 40.5 Å². The number of nitrogen functional groups attached to an aromatic ring is 1. The Morgan fingerprint density at radius 3 is 2.56 bits per heavy atom. The Bertz CT molecular complexity index is 476. The molecule has 0 aliphatic carbocycles. The van der Waals surface area contributed by atoms with Crippen molar-refractivity contribution in [1.82, 2.24) is 15.0 Å². The molecule has 0 saturated heterocycles. The monoisotopic (exact) mass is 278 g/mol. The standard InChI is InChI=1S/C11H11BrN4/c1-7-10(12)11(13)16-9(15-7)6-8-2-4-14-5-3-8/h2-5H,6H2,1H3,(H2,13,15,16). The molecule has 2 aromatic rings. The van der Waals surface area contributed by atoms with E-state index in [4.69, 9.17) is 5.73 Å². The summed E-state index contributed by atoms with van der Waals surface area (Å²) >= 11 is 3.34. The van der Waals surface area contributed by atoms with Crippen molar-refractivity contribution in [3.63, 3.8) is 0 Å². The number of halogens is 1. The van der Waals surface area contributed by atoms with E-state index in [2.05, 4.69) is 30.9 Å². The van der Waals surface area contributed by atoms with Crippen LogP contribution in [0.5, 0.6) is 0 Å². The van der Waals surface area contributed by atoms with E-state index < -0.39 is 0 Å². The van der Waals surface area contributed by atoms with Crippen LogP contribution < -0.4 is 5.73 Å². The Kier molecular flexibility index (Phi) is 3.14. The van der Waals surface area contributed by atoms with Gasteiger partial charge in [-0.25, -0.2) is 9.97 Å². The molecule has 0 atom stereocenters. The van der Waals surface area contributed by atoms with Crippen molar-refractivity contribution in [2.75, 3.05) is 5.73 Å². The van der Waals surface area contributed by atoms with Gasteiger partial charge in [0.25, 0.3) is 0 Å². The molecule has 2 heterocycles. The highest BCUT2D eigenvalue weighted by Gasteiger charge is 2.06. The molecule has 0 amide bonds. The van der Waals surface area contributed by atoms with Crippen LogP contribution in [-0.4, -0.2) is 15.0 Å². The molecule has 0 radical (unpaired) electrons. The normalized spacial score (nSPS) is 10.4. The van der Waals surface area contributed by atoms with Crippen molar-refractivity contribution in [3.05, 3.63) is 46.1 Å². The SMILES string of the molecule is Cc1nc(Cc2ccncc2)nc(N)c1Br. The first-order valence-corrected chi connectivity index (χ1v) is 5.63. The smallest absolute Gasteiger partial charge is 0.141 e. The molecule has 0 unspecified atom stereocenters. The van der Waals surface area contributed by atoms with E-state index >= 15 is 0 Å². The molecule has 0 spiro atoms. The topological polar surface area (TPSA) is 64.7 Å². The average molecular weight is 279 g/mol. The number of pyridine rings is 1. The predicted molar refractivity (Wildman–Crippen MR) is 65.9 cm³/mol. The minimum Gasteiger partial charge on any atom is -0.383 e. The zero-order valence-corrected chi connectivity index (χ0v) is 10.4. The van der Waals surface area contributed by atoms with Crippen molar-refractivity contribution in [1.29, 1.82) is 0 Å². The first kappa shape index (κ1) is 11.0. The molecule has 2 N–H and O–H groups in total. The number of aryl methyl sites for hydroxylation is 1. The Labute approximate surface area is 102 Å². The van der Waals surface area contributed by atoms with E-state index in [1.54, 1.807) is 12.4 Å². The Balaban J connectivity index is 2.29. The van der Waals surface area contributed by atoms with Crippen LogP contribution in [0.1, 0.15) is 17.1 Å². The van der Waals surface area contributed by atoms with Crippen LogP contribution in [-0.2, 0) is 6.42 Å². The van der Waals surface area contributed by atoms with Crippen molar-refractivity contribution < 1.29 is 0 Å². The van der Waals surface area contributed by atoms with Crippen LogP contribution in [0.4, 0.5) is 5.82 Å². The minimum absolute atomic E-state index is 0.483. The molecule has 0 fully saturated rings. The van der Waals surface area contributed by atoms with Crippen molar-refractivity contribution >= 4 is 21.7 Å². The summed E-state index contributed by atoms with van der Waals surface area (Å²) in [5, 5.41) is 0. The third kappa shape index (κ3) is 2.36. The number of hydrogen-bond acceptors (Lipinski definition) is 4. The quantitative estimate of drug-likeness (QED) is 0.914. The summed E-state index contributed by atoms with van der Waals surface area (Å²) in [4.78, 5) is 12.6. The van der Waals surface area contributed by atoms with Gasteiger partial charge >= 0.3 is 0 Å². The lowest BCUT2D eigenvalue weighted by Crippen LogP contribution is -2.03. The van der Waals surface area contributed by atoms with Crippen molar-refractivity contribution in [2.24, 2.45) is 0 Å². The van der Waals surface area contributed by atoms with E-state index in [9.17, 15) is 0 Å². The number of nitrogens with zero attached hydrogens (tertiary/aromatic N) is 3. The van der Waals surface area contributed by atoms with Gasteiger partial charge in [0.2, 0.25) is 0 Å². The van der Waals surface area contributed by atoms with Gasteiger partial charge in [-0.1, -0.05) is 0 Å². The fraction of sp³-hybridized carbons (Fsp3) is 0.182. The second-order valence-electron chi connectivity index (χ2n) is 3.46. The van der Waals surface area contributed by atoms with Gasteiger partial charge in [0.1, 0.15) is 11.6 Å². The summed E-state index contributed by atoms with van der Waals surface area (Å²) in [5.74, 6) is 1.21. The van der Waals surface area contributed by atoms with Gasteiger partial charge in [0.05, 0.1) is 10.2 Å². The lowest BCUT2D eigenvalue weighted by Gasteiger charge is -2.05. The maximum atomic E-state index is 5.76. The minimum atomic E-state index is 0.483. The molecular weight excluding hydrogens is 268 g/mol. The summed E-state index contributed by atoms with van der Waals surface area (Å²) < 4.78 is 0.769. The summed E-state index contributed by atoms with van der Waals surface area (Å²) in [6, 6.07) is 3.88. The number of rotatable bonds is 2. The molecule has 0 bridgehead atoms. The van der Waals surface area contributed by atoms with E-state index in [0.29, 0.717) is 12.2 Å². The van der Waals surface area contributed by atoms with Gasteiger partial charge in [0.15, 0.2) is 0 Å². The van der Waals surface area contributed by atoms with Crippen LogP contribution in [0.25, 0.3) is 0 Å². The Hall–Kier alpha value is -1.49. The van der Waals surface area contributed by atoms with Gasteiger partial charge in [-0.15, -0.1) is 0 Å². The molecular formula is C11H11BrN4. The Morgan fingerprint density at radius 1 is 1.25 bits per heavy atom. The molecule has 82 valence electrons. The van der Waals surface area contributed by atoms with Crippen molar-refractivity contribution in [3.8, 4) is 0 Å². The van der Waals surface area contributed by atoms with Crippen LogP contribution in [0.15, 0.2) is 29.0 Å². The van der Waals surface area contributed by atoms with Crippen LogP contribution >= 0.6 is 15.9 Å². The third-order valence-corrected chi connectivity index (χ3v) is 3.18. The van der Waals surface area contributed by atoms with Gasteiger partial charge in [0, 0.05) is 18.8 Å². The molecule has 2 aromatic heterocycles. The Morgan fingerprint density at radius 2 is 1.94 bits per heavy atom. The first-order chi connectivity index (χ1) is 7.66. The highest BCUT2D eigenvalue weighted by molar-refractivity contribution is 9.10. The summed E-state index contributed by atoms with van der Waals surface area (Å²) in [7, 11) is 0. The van der Waals surface area contributed by atoms with Crippen molar-refractivity contribution in [2.45, 2.75) is 13.3 Å². The number of hydrogen-bond donors (Lipinski definition) is 1. The molecule has 5 heteroatoms. The van der Waals surface area contributed by atoms with E-state index in [-0.39, 0.29) is 0 Å². The number of nitrogens with two attached hydrogens (primary N) is 1. The molecule has 0 aromatic carbocycles. The second kappa shape index (κ2) is 4.57. The molecule has 0 aliphatic heterocycles. The van der Waals surface area contributed by atoms with Crippen LogP contribution in [0.2, 0.25) is 0 Å². The molecule has 2 rings (SSSR count). The maximum Gasteiger partial charge on any atom is 0.141 e. The molecule has 4 nitrogen and oxygen atoms in total. The molecule has 0 aliphatic rings. The largest absolute Gasteiger partial charge is 0.383 e. The number of anilines is 1. The zero-order valence-electron chi connectivity index (χ0n) is 8.81. The highest BCUT2D eigenvalue weighted by atomic mass is 79.9. The molecule has 16 heavy (non-hydrogen) atoms. The predicted octanol–water partition coefficient (Wildman–Crippen LogP) is 2.12. The van der Waals surface area contributed by atoms with Crippen LogP contribution in [0, 0.1) is 6.92 Å². The van der Waals surface area contributed by atoms with Gasteiger partial charge in [-0.2, -0.15) is 0 Å². The lowest BCUT2D eigenvalue weighted by atomic mass is 10.2. The first-order valence-electron chi connectivity index (χ1n) is 4.84. The van der Waals surface area contributed by atoms with E-state index in [1.165, 1.54) is 0 Å². The second-order valence-corrected chi connectivity index (χ2v) is 4.25. The van der Waals surface area contributed by atoms with Gasteiger partial charge in [-0.3, -0.25) is 4.98 Å². The third-order valence-electron chi connectivity index (χ3n) is 2.20. The lowest BCUT2D eigenvalue weighted by molar-refractivity contribution is 0.939. The van der Waals surface area contributed by atoms with Gasteiger partial charge < -0.3 is 5.73 Å². The summed E-state index contributed by atoms with van der Waals surface area (Å²) in [5.41, 5.74) is 7.74. The fourth-order valence-electron chi connectivity index (χ4n) is 1.40. The maximum absolute atomic E-state index is 5.76. The number of aromatic nitrogens is 3. The summed E-state index contributed by atoms with van der Waals surface area (Å²) in [6.45, 7) is 1.90.